The molecule has 16 heavy (non-hydrogen) atoms. The number of nitrogens with one attached hydrogen (secondary N) is 1. The van der Waals surface area contributed by atoms with Crippen LogP contribution in [0.3, 0.4) is 0 Å². The zero-order chi connectivity index (χ0) is 11.1. The average Bonchev–Trinajstić information content (AvgIpc) is 3.07. The number of hydrogen-bond acceptors (Lipinski definition) is 4. The van der Waals surface area contributed by atoms with Gasteiger partial charge in [0.1, 0.15) is 0 Å². The highest BCUT2D eigenvalue weighted by Gasteiger charge is 2.41. The van der Waals surface area contributed by atoms with Gasteiger partial charge in [-0.2, -0.15) is 15.0 Å². The molecular weight excluding hydrogens is 247 g/mol. The summed E-state index contributed by atoms with van der Waals surface area (Å²) in [6, 6.07) is 0.495. The predicted octanol–water partition coefficient (Wildman–Crippen LogP) is 2.78. The van der Waals surface area contributed by atoms with Gasteiger partial charge in [0.2, 0.25) is 16.5 Å². The quantitative estimate of drug-likeness (QED) is 0.903. The first kappa shape index (κ1) is 10.5. The monoisotopic (exact) mass is 258 g/mol. The van der Waals surface area contributed by atoms with Gasteiger partial charge in [-0.1, -0.05) is 0 Å². The van der Waals surface area contributed by atoms with Crippen LogP contribution >= 0.6 is 23.2 Å². The van der Waals surface area contributed by atoms with Crippen molar-refractivity contribution in [2.45, 2.75) is 31.7 Å². The highest BCUT2D eigenvalue weighted by atomic mass is 35.5. The van der Waals surface area contributed by atoms with Gasteiger partial charge in [0.05, 0.1) is 0 Å². The van der Waals surface area contributed by atoms with E-state index in [1.807, 2.05) is 0 Å². The maximum absolute atomic E-state index is 5.74. The summed E-state index contributed by atoms with van der Waals surface area (Å²) in [5, 5.41) is 3.65. The topological polar surface area (TPSA) is 50.7 Å². The van der Waals surface area contributed by atoms with Crippen LogP contribution in [0, 0.1) is 11.8 Å². The van der Waals surface area contributed by atoms with E-state index in [1.165, 1.54) is 25.7 Å². The molecule has 3 rings (SSSR count). The standard InChI is InChI=1S/C10H12Cl2N4/c11-8-14-9(12)16-10(15-8)13-7(5-1-2-5)6-3-4-6/h5-7H,1-4H2,(H,13,14,15,16). The van der Waals surface area contributed by atoms with E-state index >= 15 is 0 Å². The Balaban J connectivity index is 1.75. The Hall–Kier alpha value is -0.610. The van der Waals surface area contributed by atoms with E-state index in [-0.39, 0.29) is 10.6 Å². The molecule has 1 aromatic rings. The van der Waals surface area contributed by atoms with Gasteiger partial charge in [-0.15, -0.1) is 0 Å². The fourth-order valence-corrected chi connectivity index (χ4v) is 2.43. The molecule has 1 aromatic heterocycles. The molecule has 86 valence electrons. The Morgan fingerprint density at radius 1 is 0.938 bits per heavy atom. The molecule has 0 saturated heterocycles. The lowest BCUT2D eigenvalue weighted by Gasteiger charge is -2.17. The number of anilines is 1. The molecule has 0 aromatic carbocycles. The Labute approximate surface area is 104 Å². The van der Waals surface area contributed by atoms with Crippen molar-refractivity contribution in [3.05, 3.63) is 10.6 Å². The predicted molar refractivity (Wildman–Crippen MR) is 62.7 cm³/mol. The van der Waals surface area contributed by atoms with E-state index in [0.717, 1.165) is 11.8 Å². The second-order valence-corrected chi connectivity index (χ2v) is 5.22. The molecule has 2 aliphatic rings. The van der Waals surface area contributed by atoms with Crippen molar-refractivity contribution in [2.24, 2.45) is 11.8 Å². The van der Waals surface area contributed by atoms with E-state index in [9.17, 15) is 0 Å². The molecule has 0 atom stereocenters. The molecule has 0 unspecified atom stereocenters. The first-order valence-corrected chi connectivity index (χ1v) is 6.31. The summed E-state index contributed by atoms with van der Waals surface area (Å²) in [7, 11) is 0. The minimum atomic E-state index is 0.146. The molecule has 0 spiro atoms. The SMILES string of the molecule is Clc1nc(Cl)nc(NC(C2CC2)C2CC2)n1. The first-order chi connectivity index (χ1) is 7.72. The van der Waals surface area contributed by atoms with Crippen LogP contribution in [-0.4, -0.2) is 21.0 Å². The molecule has 1 heterocycles. The van der Waals surface area contributed by atoms with Gasteiger partial charge < -0.3 is 5.32 Å². The van der Waals surface area contributed by atoms with Gasteiger partial charge in [0.15, 0.2) is 0 Å². The fourth-order valence-electron chi connectivity index (χ4n) is 2.07. The van der Waals surface area contributed by atoms with Crippen LogP contribution in [0.1, 0.15) is 25.7 Å². The van der Waals surface area contributed by atoms with Crippen molar-refractivity contribution < 1.29 is 0 Å². The van der Waals surface area contributed by atoms with Crippen LogP contribution in [0.15, 0.2) is 0 Å². The summed E-state index contributed by atoms with van der Waals surface area (Å²) in [4.78, 5) is 11.8. The second-order valence-electron chi connectivity index (χ2n) is 4.54. The zero-order valence-corrected chi connectivity index (χ0v) is 10.2. The van der Waals surface area contributed by atoms with E-state index < -0.39 is 0 Å². The highest BCUT2D eigenvalue weighted by molar-refractivity contribution is 6.31. The van der Waals surface area contributed by atoms with Crippen molar-refractivity contribution in [3.63, 3.8) is 0 Å². The van der Waals surface area contributed by atoms with E-state index in [1.54, 1.807) is 0 Å². The van der Waals surface area contributed by atoms with Crippen LogP contribution in [0.2, 0.25) is 10.6 Å². The van der Waals surface area contributed by atoms with Crippen LogP contribution in [0.5, 0.6) is 0 Å². The number of hydrogen-bond donors (Lipinski definition) is 1. The van der Waals surface area contributed by atoms with Crippen molar-refractivity contribution in [1.29, 1.82) is 0 Å². The number of rotatable bonds is 4. The zero-order valence-electron chi connectivity index (χ0n) is 8.66. The van der Waals surface area contributed by atoms with Crippen LogP contribution in [0.4, 0.5) is 5.95 Å². The van der Waals surface area contributed by atoms with Crippen molar-refractivity contribution in [2.75, 3.05) is 5.32 Å². The molecule has 2 aliphatic carbocycles. The minimum Gasteiger partial charge on any atom is -0.351 e. The van der Waals surface area contributed by atoms with Crippen LogP contribution in [-0.2, 0) is 0 Å². The lowest BCUT2D eigenvalue weighted by molar-refractivity contribution is 0.563. The molecular formula is C10H12Cl2N4. The van der Waals surface area contributed by atoms with Gasteiger partial charge in [-0.25, -0.2) is 0 Å². The molecule has 0 radical (unpaired) electrons. The molecule has 0 aliphatic heterocycles. The molecule has 1 N–H and O–H groups in total. The van der Waals surface area contributed by atoms with Gasteiger partial charge in [0.25, 0.3) is 0 Å². The van der Waals surface area contributed by atoms with E-state index in [0.29, 0.717) is 12.0 Å². The first-order valence-electron chi connectivity index (χ1n) is 5.56. The Morgan fingerprint density at radius 3 is 1.88 bits per heavy atom. The summed E-state index contributed by atoms with van der Waals surface area (Å²) in [5.41, 5.74) is 0. The van der Waals surface area contributed by atoms with E-state index in [2.05, 4.69) is 20.3 Å². The largest absolute Gasteiger partial charge is 0.351 e. The molecule has 0 amide bonds. The summed E-state index contributed by atoms with van der Waals surface area (Å²) in [5.74, 6) is 2.07. The Kier molecular flexibility index (Phi) is 2.64. The van der Waals surface area contributed by atoms with Gasteiger partial charge in [-0.3, -0.25) is 0 Å². The Morgan fingerprint density at radius 2 is 1.44 bits per heavy atom. The third kappa shape index (κ3) is 2.38. The molecule has 0 bridgehead atoms. The number of nitrogens with zero attached hydrogens (tertiary/aromatic N) is 3. The normalized spacial score (nSPS) is 20.2. The lowest BCUT2D eigenvalue weighted by atomic mass is 10.1. The van der Waals surface area contributed by atoms with Crippen LogP contribution in [0.25, 0.3) is 0 Å². The van der Waals surface area contributed by atoms with Crippen molar-refractivity contribution in [1.82, 2.24) is 15.0 Å². The minimum absolute atomic E-state index is 0.146. The van der Waals surface area contributed by atoms with E-state index in [4.69, 9.17) is 23.2 Å². The number of halogens is 2. The summed E-state index contributed by atoms with van der Waals surface area (Å²) in [6.45, 7) is 0. The molecule has 2 fully saturated rings. The summed E-state index contributed by atoms with van der Waals surface area (Å²) in [6.07, 6.45) is 5.23. The number of aromatic nitrogens is 3. The van der Waals surface area contributed by atoms with Crippen molar-refractivity contribution in [3.8, 4) is 0 Å². The molecule has 2 saturated carbocycles. The Bertz CT molecular complexity index is 372. The molecule has 4 nitrogen and oxygen atoms in total. The third-order valence-corrected chi connectivity index (χ3v) is 3.47. The molecule has 6 heteroatoms. The summed E-state index contributed by atoms with van der Waals surface area (Å²) < 4.78 is 0. The lowest BCUT2D eigenvalue weighted by Crippen LogP contribution is -2.25. The third-order valence-electron chi connectivity index (χ3n) is 3.14. The summed E-state index contributed by atoms with van der Waals surface area (Å²) >= 11 is 11.5. The maximum Gasteiger partial charge on any atom is 0.228 e. The second kappa shape index (κ2) is 4.00. The van der Waals surface area contributed by atoms with Crippen LogP contribution < -0.4 is 5.32 Å². The smallest absolute Gasteiger partial charge is 0.228 e. The maximum atomic E-state index is 5.74. The fraction of sp³-hybridized carbons (Fsp3) is 0.700. The van der Waals surface area contributed by atoms with Gasteiger partial charge in [0, 0.05) is 6.04 Å². The van der Waals surface area contributed by atoms with Crippen molar-refractivity contribution >= 4 is 29.2 Å². The average molecular weight is 259 g/mol. The van der Waals surface area contributed by atoms with Gasteiger partial charge >= 0.3 is 0 Å². The van der Waals surface area contributed by atoms with Gasteiger partial charge in [-0.05, 0) is 60.7 Å². The highest BCUT2D eigenvalue weighted by Crippen LogP contribution is 2.45.